The zero-order valence-electron chi connectivity index (χ0n) is 14.0. The lowest BCUT2D eigenvalue weighted by Crippen LogP contribution is -2.50. The molecular formula is C18H27N3O2. The van der Waals surface area contributed by atoms with E-state index in [0.717, 1.165) is 44.8 Å². The highest BCUT2D eigenvalue weighted by Crippen LogP contribution is 2.22. The fourth-order valence-corrected chi connectivity index (χ4v) is 3.52. The number of carbonyl (C=O) groups is 1. The maximum Gasteiger partial charge on any atom is 0.234 e. The van der Waals surface area contributed by atoms with E-state index < -0.39 is 0 Å². The Morgan fingerprint density at radius 2 is 1.96 bits per heavy atom. The Kier molecular flexibility index (Phi) is 5.39. The lowest BCUT2D eigenvalue weighted by molar-refractivity contribution is -0.123. The molecule has 5 nitrogen and oxygen atoms in total. The molecule has 0 spiro atoms. The summed E-state index contributed by atoms with van der Waals surface area (Å²) in [7, 11) is 1.69. The number of nitrogens with one attached hydrogen (secondary N) is 1. The first-order valence-corrected chi connectivity index (χ1v) is 8.65. The zero-order valence-corrected chi connectivity index (χ0v) is 14.0. The second-order valence-corrected chi connectivity index (χ2v) is 6.51. The highest BCUT2D eigenvalue weighted by molar-refractivity contribution is 5.78. The number of ether oxygens (including phenoxy) is 1. The summed E-state index contributed by atoms with van der Waals surface area (Å²) < 4.78 is 5.29. The van der Waals surface area contributed by atoms with Crippen molar-refractivity contribution in [1.29, 1.82) is 0 Å². The topological polar surface area (TPSA) is 44.8 Å². The predicted molar refractivity (Wildman–Crippen MR) is 92.0 cm³/mol. The number of amides is 1. The van der Waals surface area contributed by atoms with Crippen LogP contribution in [-0.2, 0) is 4.79 Å². The van der Waals surface area contributed by atoms with Gasteiger partial charge in [0, 0.05) is 44.0 Å². The summed E-state index contributed by atoms with van der Waals surface area (Å²) in [6.45, 7) is 4.28. The number of hydrogen-bond acceptors (Lipinski definition) is 4. The molecule has 1 aromatic rings. The number of anilines is 1. The Morgan fingerprint density at radius 1 is 1.22 bits per heavy atom. The van der Waals surface area contributed by atoms with Crippen LogP contribution in [0.25, 0.3) is 0 Å². The van der Waals surface area contributed by atoms with Gasteiger partial charge in [-0.3, -0.25) is 9.69 Å². The SMILES string of the molecule is COc1cccc(N2CCN(CC(=O)NC3CCCC3)CC2)c1. The lowest BCUT2D eigenvalue weighted by Gasteiger charge is -2.36. The summed E-state index contributed by atoms with van der Waals surface area (Å²) >= 11 is 0. The first-order valence-electron chi connectivity index (χ1n) is 8.65. The highest BCUT2D eigenvalue weighted by atomic mass is 16.5. The molecule has 1 N–H and O–H groups in total. The first-order chi connectivity index (χ1) is 11.2. The molecule has 3 rings (SSSR count). The van der Waals surface area contributed by atoms with E-state index in [4.69, 9.17) is 4.74 Å². The molecule has 1 aliphatic heterocycles. The van der Waals surface area contributed by atoms with Crippen LogP contribution >= 0.6 is 0 Å². The van der Waals surface area contributed by atoms with E-state index in [2.05, 4.69) is 27.2 Å². The van der Waals surface area contributed by atoms with Crippen LogP contribution in [0, 0.1) is 0 Å². The summed E-state index contributed by atoms with van der Waals surface area (Å²) in [5.41, 5.74) is 1.19. The number of carbonyl (C=O) groups excluding carboxylic acids is 1. The third-order valence-corrected chi connectivity index (χ3v) is 4.88. The third kappa shape index (κ3) is 4.38. The summed E-state index contributed by atoms with van der Waals surface area (Å²) in [5, 5.41) is 3.17. The van der Waals surface area contributed by atoms with E-state index in [1.165, 1.54) is 18.5 Å². The molecule has 0 aromatic heterocycles. The van der Waals surface area contributed by atoms with Gasteiger partial charge < -0.3 is 15.0 Å². The molecule has 1 aliphatic carbocycles. The second kappa shape index (κ2) is 7.68. The summed E-state index contributed by atoms with van der Waals surface area (Å²) in [6.07, 6.45) is 4.80. The van der Waals surface area contributed by atoms with Gasteiger partial charge in [0.25, 0.3) is 0 Å². The van der Waals surface area contributed by atoms with Crippen LogP contribution in [0.2, 0.25) is 0 Å². The molecule has 1 heterocycles. The normalized spacial score (nSPS) is 19.8. The molecule has 126 valence electrons. The van der Waals surface area contributed by atoms with Gasteiger partial charge in [-0.2, -0.15) is 0 Å². The van der Waals surface area contributed by atoms with Gasteiger partial charge in [0.1, 0.15) is 5.75 Å². The second-order valence-electron chi connectivity index (χ2n) is 6.51. The molecule has 2 aliphatic rings. The van der Waals surface area contributed by atoms with Crippen molar-refractivity contribution >= 4 is 11.6 Å². The van der Waals surface area contributed by atoms with Crippen molar-refractivity contribution in [2.45, 2.75) is 31.7 Å². The summed E-state index contributed by atoms with van der Waals surface area (Å²) in [4.78, 5) is 16.7. The largest absolute Gasteiger partial charge is 0.497 e. The van der Waals surface area contributed by atoms with E-state index in [1.54, 1.807) is 7.11 Å². The molecule has 0 atom stereocenters. The molecule has 1 saturated carbocycles. The van der Waals surface area contributed by atoms with Crippen molar-refractivity contribution in [2.75, 3.05) is 44.7 Å². The predicted octanol–water partition coefficient (Wildman–Crippen LogP) is 1.88. The maximum absolute atomic E-state index is 12.1. The smallest absolute Gasteiger partial charge is 0.234 e. The highest BCUT2D eigenvalue weighted by Gasteiger charge is 2.22. The first kappa shape index (κ1) is 16.1. The van der Waals surface area contributed by atoms with Crippen LogP contribution < -0.4 is 15.0 Å². The number of piperazine rings is 1. The molecule has 23 heavy (non-hydrogen) atoms. The Balaban J connectivity index is 1.45. The Hall–Kier alpha value is -1.75. The van der Waals surface area contributed by atoms with E-state index >= 15 is 0 Å². The van der Waals surface area contributed by atoms with Crippen molar-refractivity contribution in [3.8, 4) is 5.75 Å². The van der Waals surface area contributed by atoms with Crippen molar-refractivity contribution in [3.63, 3.8) is 0 Å². The minimum absolute atomic E-state index is 0.187. The van der Waals surface area contributed by atoms with Gasteiger partial charge in [-0.05, 0) is 25.0 Å². The van der Waals surface area contributed by atoms with Gasteiger partial charge in [-0.25, -0.2) is 0 Å². The molecule has 0 radical (unpaired) electrons. The molecule has 1 amide bonds. The Morgan fingerprint density at radius 3 is 2.65 bits per heavy atom. The molecule has 1 saturated heterocycles. The molecule has 1 aromatic carbocycles. The zero-order chi connectivity index (χ0) is 16.1. The molecule has 0 unspecified atom stereocenters. The van der Waals surface area contributed by atoms with Gasteiger partial charge in [-0.15, -0.1) is 0 Å². The van der Waals surface area contributed by atoms with E-state index in [9.17, 15) is 4.79 Å². The van der Waals surface area contributed by atoms with Crippen LogP contribution in [0.1, 0.15) is 25.7 Å². The average Bonchev–Trinajstić information content (AvgIpc) is 3.08. The Bertz CT molecular complexity index is 521. The average molecular weight is 317 g/mol. The maximum atomic E-state index is 12.1. The number of hydrogen-bond donors (Lipinski definition) is 1. The van der Waals surface area contributed by atoms with Crippen LogP contribution in [0.4, 0.5) is 5.69 Å². The van der Waals surface area contributed by atoms with Crippen LogP contribution in [0.5, 0.6) is 5.75 Å². The minimum atomic E-state index is 0.187. The lowest BCUT2D eigenvalue weighted by atomic mass is 10.2. The molecular weight excluding hydrogens is 290 g/mol. The molecule has 5 heteroatoms. The third-order valence-electron chi connectivity index (χ3n) is 4.88. The molecule has 0 bridgehead atoms. The van der Waals surface area contributed by atoms with E-state index in [0.29, 0.717) is 12.6 Å². The van der Waals surface area contributed by atoms with Crippen LogP contribution in [0.3, 0.4) is 0 Å². The summed E-state index contributed by atoms with van der Waals surface area (Å²) in [5.74, 6) is 1.08. The van der Waals surface area contributed by atoms with Gasteiger partial charge in [-0.1, -0.05) is 18.9 Å². The standard InChI is InChI=1S/C18H27N3O2/c1-23-17-8-4-7-16(13-17)21-11-9-20(10-12-21)14-18(22)19-15-5-2-3-6-15/h4,7-8,13,15H,2-3,5-6,9-12,14H2,1H3,(H,19,22). The van der Waals surface area contributed by atoms with Crippen molar-refractivity contribution in [2.24, 2.45) is 0 Å². The number of rotatable bonds is 5. The van der Waals surface area contributed by atoms with Crippen LogP contribution in [-0.4, -0.2) is 56.7 Å². The fourth-order valence-electron chi connectivity index (χ4n) is 3.52. The molecule has 2 fully saturated rings. The summed E-state index contributed by atoms with van der Waals surface area (Å²) in [6, 6.07) is 8.59. The van der Waals surface area contributed by atoms with Gasteiger partial charge in [0.15, 0.2) is 0 Å². The number of benzene rings is 1. The quantitative estimate of drug-likeness (QED) is 0.900. The van der Waals surface area contributed by atoms with Crippen LogP contribution in [0.15, 0.2) is 24.3 Å². The van der Waals surface area contributed by atoms with Gasteiger partial charge in [0.2, 0.25) is 5.91 Å². The Labute approximate surface area is 138 Å². The monoisotopic (exact) mass is 317 g/mol. The fraction of sp³-hybridized carbons (Fsp3) is 0.611. The van der Waals surface area contributed by atoms with Crippen molar-refractivity contribution < 1.29 is 9.53 Å². The van der Waals surface area contributed by atoms with Gasteiger partial charge >= 0.3 is 0 Å². The van der Waals surface area contributed by atoms with Gasteiger partial charge in [0.05, 0.1) is 13.7 Å². The van der Waals surface area contributed by atoms with Crippen molar-refractivity contribution in [3.05, 3.63) is 24.3 Å². The van der Waals surface area contributed by atoms with Crippen molar-refractivity contribution in [1.82, 2.24) is 10.2 Å². The number of nitrogens with zero attached hydrogens (tertiary/aromatic N) is 2. The number of methoxy groups -OCH3 is 1. The van der Waals surface area contributed by atoms with E-state index in [1.807, 2.05) is 12.1 Å². The minimum Gasteiger partial charge on any atom is -0.497 e. The van der Waals surface area contributed by atoms with E-state index in [-0.39, 0.29) is 5.91 Å².